The highest BCUT2D eigenvalue weighted by Crippen LogP contribution is 2.07. The maximum atomic E-state index is 5.72. The van der Waals surface area contributed by atoms with Gasteiger partial charge in [0.2, 0.25) is 0 Å². The monoisotopic (exact) mass is 200 g/mol. The first-order valence-electron chi connectivity index (χ1n) is 5.58. The van der Waals surface area contributed by atoms with Crippen molar-refractivity contribution in [1.82, 2.24) is 10.2 Å². The average molecular weight is 200 g/mol. The van der Waals surface area contributed by atoms with Crippen LogP contribution in [-0.4, -0.2) is 49.3 Å². The lowest BCUT2D eigenvalue weighted by Gasteiger charge is -2.34. The molecular weight excluding hydrogens is 176 g/mol. The Bertz CT molecular complexity index is 165. The molecule has 0 aromatic carbocycles. The molecule has 1 N–H and O–H groups in total. The van der Waals surface area contributed by atoms with Gasteiger partial charge in [0, 0.05) is 32.2 Å². The maximum Gasteiger partial charge on any atom is 0.0600 e. The van der Waals surface area contributed by atoms with E-state index in [1.165, 1.54) is 0 Å². The fraction of sp³-hybridized carbons (Fsp3) is 1.00. The lowest BCUT2D eigenvalue weighted by molar-refractivity contribution is -0.0187. The van der Waals surface area contributed by atoms with Gasteiger partial charge in [-0.05, 0) is 27.7 Å². The third-order valence-electron chi connectivity index (χ3n) is 2.55. The second kappa shape index (κ2) is 5.10. The minimum Gasteiger partial charge on any atom is -0.375 e. The van der Waals surface area contributed by atoms with E-state index in [4.69, 9.17) is 4.74 Å². The van der Waals surface area contributed by atoms with Crippen LogP contribution >= 0.6 is 0 Å². The summed E-state index contributed by atoms with van der Waals surface area (Å²) in [6.07, 6.45) is 0. The molecule has 1 heterocycles. The summed E-state index contributed by atoms with van der Waals surface area (Å²) in [7, 11) is 0. The molecule has 0 bridgehead atoms. The highest BCUT2D eigenvalue weighted by Gasteiger charge is 2.18. The number of hydrogen-bond donors (Lipinski definition) is 1. The van der Waals surface area contributed by atoms with Crippen molar-refractivity contribution in [3.8, 4) is 0 Å². The van der Waals surface area contributed by atoms with Gasteiger partial charge in [0.15, 0.2) is 0 Å². The van der Waals surface area contributed by atoms with E-state index in [9.17, 15) is 0 Å². The zero-order valence-corrected chi connectivity index (χ0v) is 9.97. The van der Waals surface area contributed by atoms with Crippen LogP contribution in [0.2, 0.25) is 0 Å². The Kier molecular flexibility index (Phi) is 4.35. The first kappa shape index (κ1) is 12.0. The van der Waals surface area contributed by atoms with E-state index in [1.54, 1.807) is 0 Å². The SMILES string of the molecule is CC1CNCCN1CCOC(C)(C)C. The van der Waals surface area contributed by atoms with Crippen LogP contribution in [0.4, 0.5) is 0 Å². The van der Waals surface area contributed by atoms with E-state index in [0.717, 1.165) is 32.8 Å². The second-order valence-corrected chi connectivity index (χ2v) is 5.05. The number of nitrogens with one attached hydrogen (secondary N) is 1. The van der Waals surface area contributed by atoms with Gasteiger partial charge in [-0.3, -0.25) is 4.90 Å². The third-order valence-corrected chi connectivity index (χ3v) is 2.55. The van der Waals surface area contributed by atoms with E-state index in [0.29, 0.717) is 6.04 Å². The van der Waals surface area contributed by atoms with Crippen LogP contribution in [0.1, 0.15) is 27.7 Å². The Hall–Kier alpha value is -0.120. The van der Waals surface area contributed by atoms with Gasteiger partial charge in [0.25, 0.3) is 0 Å². The molecule has 1 fully saturated rings. The van der Waals surface area contributed by atoms with Crippen molar-refractivity contribution in [1.29, 1.82) is 0 Å². The second-order valence-electron chi connectivity index (χ2n) is 5.05. The van der Waals surface area contributed by atoms with Gasteiger partial charge in [0.1, 0.15) is 0 Å². The van der Waals surface area contributed by atoms with Crippen LogP contribution in [0.5, 0.6) is 0 Å². The maximum absolute atomic E-state index is 5.72. The van der Waals surface area contributed by atoms with Crippen LogP contribution in [0.25, 0.3) is 0 Å². The molecule has 1 atom stereocenters. The summed E-state index contributed by atoms with van der Waals surface area (Å²) in [5, 5.41) is 3.39. The van der Waals surface area contributed by atoms with Crippen molar-refractivity contribution >= 4 is 0 Å². The van der Waals surface area contributed by atoms with Gasteiger partial charge >= 0.3 is 0 Å². The minimum atomic E-state index is -0.00270. The number of piperazine rings is 1. The van der Waals surface area contributed by atoms with Gasteiger partial charge in [-0.2, -0.15) is 0 Å². The Morgan fingerprint density at radius 3 is 2.71 bits per heavy atom. The highest BCUT2D eigenvalue weighted by atomic mass is 16.5. The van der Waals surface area contributed by atoms with Crippen LogP contribution in [0, 0.1) is 0 Å². The van der Waals surface area contributed by atoms with E-state index < -0.39 is 0 Å². The van der Waals surface area contributed by atoms with Gasteiger partial charge in [0.05, 0.1) is 12.2 Å². The summed E-state index contributed by atoms with van der Waals surface area (Å²) in [6.45, 7) is 13.8. The Morgan fingerprint density at radius 2 is 2.14 bits per heavy atom. The molecule has 0 radical (unpaired) electrons. The van der Waals surface area contributed by atoms with Gasteiger partial charge < -0.3 is 10.1 Å². The molecule has 1 unspecified atom stereocenters. The number of nitrogens with zero attached hydrogens (tertiary/aromatic N) is 1. The van der Waals surface area contributed by atoms with Crippen LogP contribution in [0.3, 0.4) is 0 Å². The molecule has 0 amide bonds. The Morgan fingerprint density at radius 1 is 1.43 bits per heavy atom. The lowest BCUT2D eigenvalue weighted by atomic mass is 10.2. The van der Waals surface area contributed by atoms with Crippen LogP contribution in [0.15, 0.2) is 0 Å². The standard InChI is InChI=1S/C11H24N2O/c1-10-9-12-5-6-13(10)7-8-14-11(2,3)4/h10,12H,5-9H2,1-4H3. The zero-order chi connectivity index (χ0) is 10.6. The quantitative estimate of drug-likeness (QED) is 0.738. The fourth-order valence-corrected chi connectivity index (χ4v) is 1.68. The minimum absolute atomic E-state index is 0.00270. The van der Waals surface area contributed by atoms with Gasteiger partial charge in [-0.15, -0.1) is 0 Å². The average Bonchev–Trinajstić information content (AvgIpc) is 2.06. The molecule has 0 aromatic heterocycles. The molecule has 0 spiro atoms. The van der Waals surface area contributed by atoms with E-state index in [1.807, 2.05) is 0 Å². The molecule has 0 aromatic rings. The first-order chi connectivity index (χ1) is 6.49. The highest BCUT2D eigenvalue weighted by molar-refractivity contribution is 4.75. The smallest absolute Gasteiger partial charge is 0.0600 e. The molecule has 84 valence electrons. The molecule has 1 aliphatic rings. The van der Waals surface area contributed by atoms with E-state index in [-0.39, 0.29) is 5.60 Å². The summed E-state index contributed by atoms with van der Waals surface area (Å²) in [5.41, 5.74) is -0.00270. The van der Waals surface area contributed by atoms with Gasteiger partial charge in [-0.1, -0.05) is 0 Å². The molecule has 14 heavy (non-hydrogen) atoms. The first-order valence-corrected chi connectivity index (χ1v) is 5.58. The van der Waals surface area contributed by atoms with Crippen molar-refractivity contribution in [2.45, 2.75) is 39.3 Å². The molecule has 1 saturated heterocycles. The van der Waals surface area contributed by atoms with Crippen molar-refractivity contribution in [2.75, 3.05) is 32.8 Å². The largest absolute Gasteiger partial charge is 0.375 e. The molecule has 3 nitrogen and oxygen atoms in total. The number of ether oxygens (including phenoxy) is 1. The Balaban J connectivity index is 2.17. The normalized spacial score (nSPS) is 25.3. The number of hydrogen-bond acceptors (Lipinski definition) is 3. The summed E-state index contributed by atoms with van der Waals surface area (Å²) in [5.74, 6) is 0. The molecule has 0 aliphatic carbocycles. The summed E-state index contributed by atoms with van der Waals surface area (Å²) in [4.78, 5) is 2.49. The van der Waals surface area contributed by atoms with Crippen molar-refractivity contribution in [2.24, 2.45) is 0 Å². The predicted molar refractivity (Wildman–Crippen MR) is 59.6 cm³/mol. The fourth-order valence-electron chi connectivity index (χ4n) is 1.68. The lowest BCUT2D eigenvalue weighted by Crippen LogP contribution is -2.50. The third kappa shape index (κ3) is 4.40. The molecule has 3 heteroatoms. The topological polar surface area (TPSA) is 24.5 Å². The van der Waals surface area contributed by atoms with Crippen molar-refractivity contribution < 1.29 is 4.74 Å². The van der Waals surface area contributed by atoms with Crippen molar-refractivity contribution in [3.63, 3.8) is 0 Å². The zero-order valence-electron chi connectivity index (χ0n) is 9.97. The molecule has 1 rings (SSSR count). The summed E-state index contributed by atoms with van der Waals surface area (Å²) < 4.78 is 5.72. The Labute approximate surface area is 87.8 Å². The summed E-state index contributed by atoms with van der Waals surface area (Å²) in [6, 6.07) is 0.646. The molecule has 1 aliphatic heterocycles. The van der Waals surface area contributed by atoms with E-state index >= 15 is 0 Å². The predicted octanol–water partition coefficient (Wildman–Crippen LogP) is 1.10. The van der Waals surface area contributed by atoms with Crippen LogP contribution < -0.4 is 5.32 Å². The van der Waals surface area contributed by atoms with Crippen molar-refractivity contribution in [3.05, 3.63) is 0 Å². The van der Waals surface area contributed by atoms with Crippen LogP contribution in [-0.2, 0) is 4.74 Å². The summed E-state index contributed by atoms with van der Waals surface area (Å²) >= 11 is 0. The molecule has 0 saturated carbocycles. The number of rotatable bonds is 3. The van der Waals surface area contributed by atoms with Gasteiger partial charge in [-0.25, -0.2) is 0 Å². The molecular formula is C11H24N2O. The van der Waals surface area contributed by atoms with E-state index in [2.05, 4.69) is 37.9 Å².